The van der Waals surface area contributed by atoms with Gasteiger partial charge < -0.3 is 5.73 Å². The molecule has 0 amide bonds. The number of hydrogen-bond donors (Lipinski definition) is 2. The van der Waals surface area contributed by atoms with Gasteiger partial charge in [0.2, 0.25) is 6.33 Å². The van der Waals surface area contributed by atoms with E-state index in [1.165, 1.54) is 25.7 Å². The average molecular weight is 180 g/mol. The predicted octanol–water partition coefficient (Wildman–Crippen LogP) is 0.820. The van der Waals surface area contributed by atoms with Crippen molar-refractivity contribution in [2.75, 3.05) is 0 Å². The van der Waals surface area contributed by atoms with Crippen LogP contribution in [0.1, 0.15) is 25.7 Å². The number of aromatic nitrogens is 2. The Balaban J connectivity index is 1.83. The summed E-state index contributed by atoms with van der Waals surface area (Å²) in [4.78, 5) is 3.07. The van der Waals surface area contributed by atoms with Crippen LogP contribution in [0, 0.1) is 5.92 Å². The van der Waals surface area contributed by atoms with Crippen molar-refractivity contribution in [1.82, 2.24) is 4.98 Å². The molecule has 13 heavy (non-hydrogen) atoms. The van der Waals surface area contributed by atoms with E-state index in [9.17, 15) is 0 Å². The third kappa shape index (κ3) is 2.31. The minimum absolute atomic E-state index is 0.465. The van der Waals surface area contributed by atoms with Crippen molar-refractivity contribution in [3.8, 4) is 0 Å². The second-order valence-corrected chi connectivity index (χ2v) is 4.09. The Morgan fingerprint density at radius 3 is 2.69 bits per heavy atom. The first-order chi connectivity index (χ1) is 6.34. The van der Waals surface area contributed by atoms with Crippen molar-refractivity contribution in [3.63, 3.8) is 0 Å². The molecule has 72 valence electrons. The van der Waals surface area contributed by atoms with E-state index < -0.39 is 0 Å². The van der Waals surface area contributed by atoms with Crippen molar-refractivity contribution < 1.29 is 4.57 Å². The van der Waals surface area contributed by atoms with E-state index in [-0.39, 0.29) is 0 Å². The van der Waals surface area contributed by atoms with E-state index in [0.29, 0.717) is 6.04 Å². The first-order valence-electron chi connectivity index (χ1n) is 5.12. The van der Waals surface area contributed by atoms with Gasteiger partial charge in [-0.25, -0.2) is 4.57 Å². The summed E-state index contributed by atoms with van der Waals surface area (Å²) in [6, 6.07) is 0.465. The zero-order valence-electron chi connectivity index (χ0n) is 7.95. The fraction of sp³-hybridized carbons (Fsp3) is 0.700. The number of aromatic amines is 1. The van der Waals surface area contributed by atoms with E-state index >= 15 is 0 Å². The molecule has 0 bridgehead atoms. The molecule has 0 saturated heterocycles. The number of nitrogens with two attached hydrogens (primary N) is 1. The lowest BCUT2D eigenvalue weighted by Gasteiger charge is -2.24. The van der Waals surface area contributed by atoms with Gasteiger partial charge in [-0.15, -0.1) is 0 Å². The predicted molar refractivity (Wildman–Crippen MR) is 50.9 cm³/mol. The molecule has 1 heterocycles. The highest BCUT2D eigenvalue weighted by Crippen LogP contribution is 2.22. The Morgan fingerprint density at radius 2 is 2.08 bits per heavy atom. The SMILES string of the molecule is NC1CCC(C[n+]2cc[nH]c2)CC1. The van der Waals surface area contributed by atoms with Gasteiger partial charge in [-0.3, -0.25) is 4.98 Å². The van der Waals surface area contributed by atoms with Crippen LogP contribution in [-0.2, 0) is 6.54 Å². The molecular formula is C10H18N3+. The van der Waals surface area contributed by atoms with Gasteiger partial charge in [0.15, 0.2) is 0 Å². The molecule has 0 atom stereocenters. The fourth-order valence-corrected chi connectivity index (χ4v) is 2.10. The molecule has 1 fully saturated rings. The van der Waals surface area contributed by atoms with Crippen LogP contribution in [-0.4, -0.2) is 11.0 Å². The third-order valence-electron chi connectivity index (χ3n) is 2.96. The van der Waals surface area contributed by atoms with Gasteiger partial charge in [0.25, 0.3) is 0 Å². The average Bonchev–Trinajstić information content (AvgIpc) is 2.62. The Kier molecular flexibility index (Phi) is 2.64. The molecule has 2 rings (SSSR count). The number of rotatable bonds is 2. The third-order valence-corrected chi connectivity index (χ3v) is 2.96. The van der Waals surface area contributed by atoms with Crippen molar-refractivity contribution >= 4 is 0 Å². The van der Waals surface area contributed by atoms with Gasteiger partial charge >= 0.3 is 0 Å². The van der Waals surface area contributed by atoms with Crippen LogP contribution < -0.4 is 10.3 Å². The number of nitrogens with one attached hydrogen (secondary N) is 1. The second-order valence-electron chi connectivity index (χ2n) is 4.09. The smallest absolute Gasteiger partial charge is 0.241 e. The second kappa shape index (κ2) is 3.92. The van der Waals surface area contributed by atoms with E-state index in [0.717, 1.165) is 12.5 Å². The molecule has 0 radical (unpaired) electrons. The fourth-order valence-electron chi connectivity index (χ4n) is 2.10. The summed E-state index contributed by atoms with van der Waals surface area (Å²) >= 11 is 0. The molecule has 0 unspecified atom stereocenters. The van der Waals surface area contributed by atoms with E-state index in [4.69, 9.17) is 5.73 Å². The minimum atomic E-state index is 0.465. The topological polar surface area (TPSA) is 45.7 Å². The van der Waals surface area contributed by atoms with E-state index in [1.54, 1.807) is 0 Å². The standard InChI is InChI=1S/C10H17N3/c11-10-3-1-9(2-4-10)7-13-6-5-12-8-13/h5-6,8-10H,1-4,7,11H2/p+1. The largest absolute Gasteiger partial charge is 0.328 e. The maximum absolute atomic E-state index is 5.86. The van der Waals surface area contributed by atoms with Gasteiger partial charge in [-0.1, -0.05) is 0 Å². The number of nitrogens with zero attached hydrogens (tertiary/aromatic N) is 1. The summed E-state index contributed by atoms with van der Waals surface area (Å²) in [5.74, 6) is 0.834. The lowest BCUT2D eigenvalue weighted by molar-refractivity contribution is -0.702. The molecule has 3 N–H and O–H groups in total. The molecule has 0 aromatic carbocycles. The molecular weight excluding hydrogens is 162 g/mol. The van der Waals surface area contributed by atoms with Crippen molar-refractivity contribution in [1.29, 1.82) is 0 Å². The Bertz CT molecular complexity index is 235. The van der Waals surface area contributed by atoms with Crippen LogP contribution in [0.5, 0.6) is 0 Å². The maximum Gasteiger partial charge on any atom is 0.241 e. The number of imidazole rings is 1. The first kappa shape index (κ1) is 8.75. The van der Waals surface area contributed by atoms with Gasteiger partial charge in [-0.05, 0) is 31.6 Å². The minimum Gasteiger partial charge on any atom is -0.328 e. The lowest BCUT2D eigenvalue weighted by atomic mass is 9.86. The zero-order valence-corrected chi connectivity index (χ0v) is 7.95. The zero-order chi connectivity index (χ0) is 9.10. The Hall–Kier alpha value is -0.830. The summed E-state index contributed by atoms with van der Waals surface area (Å²) in [7, 11) is 0. The normalized spacial score (nSPS) is 29.0. The number of hydrogen-bond acceptors (Lipinski definition) is 1. The molecule has 1 aromatic rings. The summed E-state index contributed by atoms with van der Waals surface area (Å²) in [5, 5.41) is 0. The van der Waals surface area contributed by atoms with Crippen LogP contribution in [0.2, 0.25) is 0 Å². The van der Waals surface area contributed by atoms with Gasteiger partial charge in [0.05, 0.1) is 6.54 Å². The van der Waals surface area contributed by atoms with Crippen LogP contribution in [0.3, 0.4) is 0 Å². The molecule has 1 aromatic heterocycles. The Labute approximate surface area is 79.0 Å². The molecule has 0 spiro atoms. The van der Waals surface area contributed by atoms with Gasteiger partial charge in [0.1, 0.15) is 12.4 Å². The van der Waals surface area contributed by atoms with Gasteiger partial charge in [-0.2, -0.15) is 0 Å². The molecule has 0 aliphatic heterocycles. The Morgan fingerprint density at radius 1 is 1.31 bits per heavy atom. The highest BCUT2D eigenvalue weighted by molar-refractivity contribution is 4.72. The highest BCUT2D eigenvalue weighted by Gasteiger charge is 2.20. The van der Waals surface area contributed by atoms with Crippen LogP contribution in [0.15, 0.2) is 18.7 Å². The molecule has 3 heteroatoms. The molecule has 1 aliphatic rings. The maximum atomic E-state index is 5.86. The van der Waals surface area contributed by atoms with Crippen LogP contribution in [0.25, 0.3) is 0 Å². The summed E-state index contributed by atoms with van der Waals surface area (Å²) < 4.78 is 2.22. The van der Waals surface area contributed by atoms with E-state index in [1.807, 2.05) is 12.5 Å². The van der Waals surface area contributed by atoms with Crippen LogP contribution >= 0.6 is 0 Å². The molecule has 3 nitrogen and oxygen atoms in total. The summed E-state index contributed by atoms with van der Waals surface area (Å²) in [6.07, 6.45) is 11.1. The highest BCUT2D eigenvalue weighted by atomic mass is 15.0. The monoisotopic (exact) mass is 180 g/mol. The quantitative estimate of drug-likeness (QED) is 0.650. The lowest BCUT2D eigenvalue weighted by Crippen LogP contribution is -2.38. The summed E-state index contributed by atoms with van der Waals surface area (Å²) in [5.41, 5.74) is 5.86. The molecule has 1 saturated carbocycles. The van der Waals surface area contributed by atoms with Crippen molar-refractivity contribution in [3.05, 3.63) is 18.7 Å². The number of H-pyrrole nitrogens is 1. The van der Waals surface area contributed by atoms with Crippen LogP contribution in [0.4, 0.5) is 0 Å². The first-order valence-corrected chi connectivity index (χ1v) is 5.12. The van der Waals surface area contributed by atoms with Crippen molar-refractivity contribution in [2.45, 2.75) is 38.3 Å². The molecule has 1 aliphatic carbocycles. The van der Waals surface area contributed by atoms with Crippen molar-refractivity contribution in [2.24, 2.45) is 11.7 Å². The van der Waals surface area contributed by atoms with Gasteiger partial charge in [0, 0.05) is 6.04 Å². The van der Waals surface area contributed by atoms with E-state index in [2.05, 4.69) is 15.7 Å². The summed E-state index contributed by atoms with van der Waals surface area (Å²) in [6.45, 7) is 1.15.